The van der Waals surface area contributed by atoms with E-state index in [0.29, 0.717) is 0 Å². The predicted octanol–water partition coefficient (Wildman–Crippen LogP) is 4.14. The van der Waals surface area contributed by atoms with Crippen molar-refractivity contribution < 1.29 is 9.53 Å². The normalized spacial score (nSPS) is 14.0. The Kier molecular flexibility index (Phi) is 7.57. The minimum atomic E-state index is -0.622. The van der Waals surface area contributed by atoms with Crippen LogP contribution in [0.1, 0.15) is 33.6 Å². The van der Waals surface area contributed by atoms with Crippen LogP contribution in [0.5, 0.6) is 0 Å². The van der Waals surface area contributed by atoms with E-state index in [-0.39, 0.29) is 12.0 Å². The number of methoxy groups -OCH3 is 1. The summed E-state index contributed by atoms with van der Waals surface area (Å²) >= 11 is 7.63. The predicted molar refractivity (Wildman–Crippen MR) is 90.1 cm³/mol. The van der Waals surface area contributed by atoms with Gasteiger partial charge in [0.2, 0.25) is 0 Å². The fourth-order valence-corrected chi connectivity index (χ4v) is 3.22. The Morgan fingerprint density at radius 2 is 2.00 bits per heavy atom. The van der Waals surface area contributed by atoms with Crippen LogP contribution in [-0.4, -0.2) is 30.4 Å². The summed E-state index contributed by atoms with van der Waals surface area (Å²) in [7, 11) is 1.44. The van der Waals surface area contributed by atoms with Crippen molar-refractivity contribution in [3.8, 4) is 0 Å². The standard InChI is InChI=1S/C16H24ClNO2S/c1-12(2)18-16(3,15(19)20-4)10-5-11-21-14-8-6-13(17)7-9-14/h6-9,12,18H,5,10-11H2,1-4H3. The number of hydrogen-bond acceptors (Lipinski definition) is 4. The van der Waals surface area contributed by atoms with Crippen molar-refractivity contribution in [2.45, 2.75) is 50.1 Å². The average molecular weight is 330 g/mol. The first-order valence-electron chi connectivity index (χ1n) is 7.12. The number of halogens is 1. The van der Waals surface area contributed by atoms with Gasteiger partial charge in [-0.15, -0.1) is 11.8 Å². The maximum Gasteiger partial charge on any atom is 0.325 e. The lowest BCUT2D eigenvalue weighted by Gasteiger charge is -2.30. The van der Waals surface area contributed by atoms with E-state index >= 15 is 0 Å². The molecule has 0 aromatic heterocycles. The molecule has 0 spiro atoms. The van der Waals surface area contributed by atoms with Crippen LogP contribution in [0.2, 0.25) is 5.02 Å². The van der Waals surface area contributed by atoms with Crippen molar-refractivity contribution in [2.24, 2.45) is 0 Å². The largest absolute Gasteiger partial charge is 0.468 e. The van der Waals surface area contributed by atoms with Gasteiger partial charge in [0.1, 0.15) is 5.54 Å². The lowest BCUT2D eigenvalue weighted by atomic mass is 9.95. The fourth-order valence-electron chi connectivity index (χ4n) is 2.24. The van der Waals surface area contributed by atoms with Crippen molar-refractivity contribution in [3.63, 3.8) is 0 Å². The van der Waals surface area contributed by atoms with Crippen LogP contribution in [0, 0.1) is 0 Å². The molecule has 3 nitrogen and oxygen atoms in total. The van der Waals surface area contributed by atoms with Crippen LogP contribution in [-0.2, 0) is 9.53 Å². The van der Waals surface area contributed by atoms with Gasteiger partial charge in [-0.2, -0.15) is 0 Å². The van der Waals surface area contributed by atoms with E-state index in [4.69, 9.17) is 16.3 Å². The van der Waals surface area contributed by atoms with Gasteiger partial charge in [0.25, 0.3) is 0 Å². The van der Waals surface area contributed by atoms with Crippen molar-refractivity contribution in [1.82, 2.24) is 5.32 Å². The molecule has 0 fully saturated rings. The molecule has 1 aromatic rings. The van der Waals surface area contributed by atoms with Gasteiger partial charge in [0, 0.05) is 16.0 Å². The molecule has 0 amide bonds. The number of carbonyl (C=O) groups excluding carboxylic acids is 1. The highest BCUT2D eigenvalue weighted by Gasteiger charge is 2.33. The summed E-state index contributed by atoms with van der Waals surface area (Å²) in [6.45, 7) is 5.97. The summed E-state index contributed by atoms with van der Waals surface area (Å²) in [4.78, 5) is 13.2. The Morgan fingerprint density at radius 1 is 1.38 bits per heavy atom. The molecule has 0 aliphatic rings. The van der Waals surface area contributed by atoms with Gasteiger partial charge in [0.05, 0.1) is 7.11 Å². The Hall–Kier alpha value is -0.710. The highest BCUT2D eigenvalue weighted by molar-refractivity contribution is 7.99. The second-order valence-electron chi connectivity index (χ2n) is 5.53. The van der Waals surface area contributed by atoms with Gasteiger partial charge < -0.3 is 4.74 Å². The van der Waals surface area contributed by atoms with Crippen LogP contribution in [0.3, 0.4) is 0 Å². The van der Waals surface area contributed by atoms with Gasteiger partial charge in [-0.25, -0.2) is 0 Å². The van der Waals surface area contributed by atoms with E-state index in [9.17, 15) is 4.79 Å². The molecule has 0 saturated heterocycles. The van der Waals surface area contributed by atoms with Crippen LogP contribution < -0.4 is 5.32 Å². The highest BCUT2D eigenvalue weighted by Crippen LogP contribution is 2.23. The zero-order valence-electron chi connectivity index (χ0n) is 13.1. The van der Waals surface area contributed by atoms with Gasteiger partial charge in [-0.05, 0) is 63.6 Å². The number of nitrogens with one attached hydrogen (secondary N) is 1. The number of carbonyl (C=O) groups is 1. The van der Waals surface area contributed by atoms with Gasteiger partial charge in [-0.3, -0.25) is 10.1 Å². The van der Waals surface area contributed by atoms with Crippen LogP contribution in [0.4, 0.5) is 0 Å². The van der Waals surface area contributed by atoms with E-state index in [0.717, 1.165) is 23.6 Å². The monoisotopic (exact) mass is 329 g/mol. The summed E-state index contributed by atoms with van der Waals surface area (Å²) in [5.74, 6) is 0.751. The van der Waals surface area contributed by atoms with Crippen LogP contribution in [0.15, 0.2) is 29.2 Å². The molecule has 1 aromatic carbocycles. The molecule has 21 heavy (non-hydrogen) atoms. The third-order valence-electron chi connectivity index (χ3n) is 3.15. The molecule has 0 radical (unpaired) electrons. The van der Waals surface area contributed by atoms with Crippen LogP contribution in [0.25, 0.3) is 0 Å². The minimum absolute atomic E-state index is 0.201. The fraction of sp³-hybridized carbons (Fsp3) is 0.562. The number of esters is 1. The number of ether oxygens (including phenoxy) is 1. The van der Waals surface area contributed by atoms with E-state index < -0.39 is 5.54 Å². The molecule has 1 unspecified atom stereocenters. The molecule has 0 saturated carbocycles. The van der Waals surface area contributed by atoms with Crippen molar-refractivity contribution >= 4 is 29.3 Å². The molecule has 0 aliphatic heterocycles. The summed E-state index contributed by atoms with van der Waals surface area (Å²) in [6, 6.07) is 8.04. The second-order valence-corrected chi connectivity index (χ2v) is 7.13. The summed E-state index contributed by atoms with van der Waals surface area (Å²) in [5.41, 5.74) is -0.622. The van der Waals surface area contributed by atoms with Crippen LogP contribution >= 0.6 is 23.4 Å². The number of benzene rings is 1. The maximum absolute atomic E-state index is 12.0. The van der Waals surface area contributed by atoms with Crippen molar-refractivity contribution in [2.75, 3.05) is 12.9 Å². The molecule has 1 atom stereocenters. The van der Waals surface area contributed by atoms with Crippen molar-refractivity contribution in [3.05, 3.63) is 29.3 Å². The Morgan fingerprint density at radius 3 is 2.52 bits per heavy atom. The summed E-state index contributed by atoms with van der Waals surface area (Å²) in [5, 5.41) is 4.06. The second kappa shape index (κ2) is 8.66. The molecule has 1 N–H and O–H groups in total. The zero-order chi connectivity index (χ0) is 15.9. The zero-order valence-corrected chi connectivity index (χ0v) is 14.7. The summed E-state index contributed by atoms with van der Waals surface area (Å²) in [6.07, 6.45) is 1.68. The minimum Gasteiger partial charge on any atom is -0.468 e. The highest BCUT2D eigenvalue weighted by atomic mass is 35.5. The quantitative estimate of drug-likeness (QED) is 0.442. The molecule has 1 rings (SSSR count). The average Bonchev–Trinajstić information content (AvgIpc) is 2.44. The molecule has 5 heteroatoms. The van der Waals surface area contributed by atoms with E-state index in [1.165, 1.54) is 12.0 Å². The van der Waals surface area contributed by atoms with Gasteiger partial charge >= 0.3 is 5.97 Å². The first kappa shape index (κ1) is 18.3. The summed E-state index contributed by atoms with van der Waals surface area (Å²) < 4.78 is 4.92. The van der Waals surface area contributed by atoms with Crippen molar-refractivity contribution in [1.29, 1.82) is 0 Å². The maximum atomic E-state index is 12.0. The third kappa shape index (κ3) is 6.29. The van der Waals surface area contributed by atoms with E-state index in [2.05, 4.69) is 5.32 Å². The lowest BCUT2D eigenvalue weighted by molar-refractivity contribution is -0.148. The smallest absolute Gasteiger partial charge is 0.325 e. The SMILES string of the molecule is COC(=O)C(C)(CCCSc1ccc(Cl)cc1)NC(C)C. The first-order valence-corrected chi connectivity index (χ1v) is 8.48. The Labute approximate surface area is 136 Å². The molecular formula is C16H24ClNO2S. The van der Waals surface area contributed by atoms with E-state index in [1.54, 1.807) is 11.8 Å². The molecule has 118 valence electrons. The lowest BCUT2D eigenvalue weighted by Crippen LogP contribution is -2.53. The third-order valence-corrected chi connectivity index (χ3v) is 4.50. The number of hydrogen-bond donors (Lipinski definition) is 1. The number of rotatable bonds is 8. The topological polar surface area (TPSA) is 38.3 Å². The number of thioether (sulfide) groups is 1. The molecular weight excluding hydrogens is 306 g/mol. The molecule has 0 bridgehead atoms. The Bertz CT molecular complexity index is 450. The van der Waals surface area contributed by atoms with Gasteiger partial charge in [-0.1, -0.05) is 11.6 Å². The first-order chi connectivity index (χ1) is 9.87. The molecule has 0 heterocycles. The van der Waals surface area contributed by atoms with E-state index in [1.807, 2.05) is 45.0 Å². The Balaban J connectivity index is 2.46. The van der Waals surface area contributed by atoms with Gasteiger partial charge in [0.15, 0.2) is 0 Å². The molecule has 0 aliphatic carbocycles.